The highest BCUT2D eigenvalue weighted by Gasteiger charge is 2.35. The van der Waals surface area contributed by atoms with Crippen molar-refractivity contribution < 1.29 is 22.4 Å². The van der Waals surface area contributed by atoms with E-state index in [1.165, 1.54) is 10.3 Å². The first-order chi connectivity index (χ1) is 10.9. The van der Waals surface area contributed by atoms with E-state index >= 15 is 0 Å². The van der Waals surface area contributed by atoms with Crippen LogP contribution < -0.4 is 0 Å². The highest BCUT2D eigenvalue weighted by molar-refractivity contribution is 7.03. The van der Waals surface area contributed by atoms with Gasteiger partial charge in [-0.05, 0) is 30.8 Å². The Kier molecular flexibility index (Phi) is 4.28. The van der Waals surface area contributed by atoms with E-state index in [9.17, 15) is 18.0 Å². The molecular weight excluding hydrogens is 335 g/mol. The number of aromatic nitrogens is 4. The number of likely N-dealkylation sites (tertiary alicyclic amines) is 1. The SMILES string of the molecule is O=C(c1csnn1)N1CCCCC1c1nnc(CC(F)(F)F)o1. The number of halogens is 3. The predicted molar refractivity (Wildman–Crippen MR) is 71.6 cm³/mol. The third-order valence-corrected chi connectivity index (χ3v) is 3.97. The van der Waals surface area contributed by atoms with E-state index in [4.69, 9.17) is 4.42 Å². The molecule has 0 spiro atoms. The summed E-state index contributed by atoms with van der Waals surface area (Å²) >= 11 is 1.05. The summed E-state index contributed by atoms with van der Waals surface area (Å²) in [5.74, 6) is -0.805. The number of alkyl halides is 3. The molecule has 0 aromatic carbocycles. The molecule has 23 heavy (non-hydrogen) atoms. The second-order valence-corrected chi connectivity index (χ2v) is 5.74. The van der Waals surface area contributed by atoms with Gasteiger partial charge in [0.2, 0.25) is 11.8 Å². The van der Waals surface area contributed by atoms with E-state index in [2.05, 4.69) is 19.8 Å². The van der Waals surface area contributed by atoms with Gasteiger partial charge in [0.25, 0.3) is 5.91 Å². The number of hydrogen-bond acceptors (Lipinski definition) is 7. The molecule has 2 aromatic heterocycles. The first kappa shape index (κ1) is 15.8. The second-order valence-electron chi connectivity index (χ2n) is 5.13. The molecular formula is C12H12F3N5O2S. The van der Waals surface area contributed by atoms with Crippen LogP contribution >= 0.6 is 11.5 Å². The average Bonchev–Trinajstić information content (AvgIpc) is 3.16. The number of nitrogens with zero attached hydrogens (tertiary/aromatic N) is 5. The molecule has 0 radical (unpaired) electrons. The van der Waals surface area contributed by atoms with Crippen LogP contribution in [0.1, 0.15) is 47.6 Å². The Hall–Kier alpha value is -2.04. The van der Waals surface area contributed by atoms with E-state index in [1.807, 2.05) is 0 Å². The van der Waals surface area contributed by atoms with Gasteiger partial charge in [-0.1, -0.05) is 4.49 Å². The number of carbonyl (C=O) groups excluding carboxylic acids is 1. The molecule has 7 nitrogen and oxygen atoms in total. The Bertz CT molecular complexity index is 673. The zero-order chi connectivity index (χ0) is 16.4. The lowest BCUT2D eigenvalue weighted by molar-refractivity contribution is -0.131. The second kappa shape index (κ2) is 6.22. The van der Waals surface area contributed by atoms with Crippen LogP contribution in [0.15, 0.2) is 9.80 Å². The van der Waals surface area contributed by atoms with Crippen molar-refractivity contribution in [1.82, 2.24) is 24.7 Å². The minimum Gasteiger partial charge on any atom is -0.423 e. The molecule has 124 valence electrons. The Balaban J connectivity index is 1.80. The van der Waals surface area contributed by atoms with Gasteiger partial charge in [-0.15, -0.1) is 15.3 Å². The van der Waals surface area contributed by atoms with E-state index in [-0.39, 0.29) is 17.5 Å². The summed E-state index contributed by atoms with van der Waals surface area (Å²) in [5, 5.41) is 12.4. The maximum absolute atomic E-state index is 12.4. The van der Waals surface area contributed by atoms with Gasteiger partial charge < -0.3 is 9.32 Å². The lowest BCUT2D eigenvalue weighted by Crippen LogP contribution is -2.38. The van der Waals surface area contributed by atoms with Crippen molar-refractivity contribution in [3.8, 4) is 0 Å². The van der Waals surface area contributed by atoms with Gasteiger partial charge >= 0.3 is 6.18 Å². The molecule has 0 bridgehead atoms. The highest BCUT2D eigenvalue weighted by atomic mass is 32.1. The van der Waals surface area contributed by atoms with E-state index < -0.39 is 24.5 Å². The topological polar surface area (TPSA) is 85.0 Å². The number of rotatable bonds is 3. The van der Waals surface area contributed by atoms with Crippen LogP contribution in [0.25, 0.3) is 0 Å². The Morgan fingerprint density at radius 3 is 2.87 bits per heavy atom. The standard InChI is InChI=1S/C12H12F3N5O2S/c13-12(14,15)5-9-17-18-10(22-9)8-3-1-2-4-20(8)11(21)7-6-23-19-16-7/h6,8H,1-5H2. The van der Waals surface area contributed by atoms with Crippen LogP contribution in [0.5, 0.6) is 0 Å². The summed E-state index contributed by atoms with van der Waals surface area (Å²) in [5.41, 5.74) is 0.205. The molecule has 1 fully saturated rings. The van der Waals surface area contributed by atoms with Crippen LogP contribution in [0.2, 0.25) is 0 Å². The minimum atomic E-state index is -4.42. The largest absolute Gasteiger partial charge is 0.423 e. The lowest BCUT2D eigenvalue weighted by atomic mass is 10.0. The number of carbonyl (C=O) groups is 1. The number of hydrogen-bond donors (Lipinski definition) is 0. The van der Waals surface area contributed by atoms with Crippen molar-refractivity contribution >= 4 is 17.4 Å². The summed E-state index contributed by atoms with van der Waals surface area (Å²) in [7, 11) is 0. The summed E-state index contributed by atoms with van der Waals surface area (Å²) in [4.78, 5) is 13.9. The third kappa shape index (κ3) is 3.66. The highest BCUT2D eigenvalue weighted by Crippen LogP contribution is 2.32. The monoisotopic (exact) mass is 347 g/mol. The van der Waals surface area contributed by atoms with Crippen LogP contribution in [-0.2, 0) is 6.42 Å². The van der Waals surface area contributed by atoms with Crippen molar-refractivity contribution in [3.63, 3.8) is 0 Å². The smallest absolute Gasteiger partial charge is 0.397 e. The molecule has 3 rings (SSSR count). The van der Waals surface area contributed by atoms with Gasteiger partial charge in [0, 0.05) is 11.9 Å². The summed E-state index contributed by atoms with van der Waals surface area (Å²) in [6.45, 7) is 0.456. The molecule has 1 aliphatic rings. The molecule has 1 aliphatic heterocycles. The molecule has 0 aliphatic carbocycles. The molecule has 11 heteroatoms. The molecule has 3 heterocycles. The molecule has 0 saturated carbocycles. The molecule has 1 unspecified atom stereocenters. The molecule has 1 atom stereocenters. The van der Waals surface area contributed by atoms with Crippen molar-refractivity contribution in [1.29, 1.82) is 0 Å². The zero-order valence-electron chi connectivity index (χ0n) is 11.8. The van der Waals surface area contributed by atoms with Gasteiger partial charge in [0.1, 0.15) is 12.5 Å². The van der Waals surface area contributed by atoms with Gasteiger partial charge in [-0.25, -0.2) is 0 Å². The fraction of sp³-hybridized carbons (Fsp3) is 0.583. The van der Waals surface area contributed by atoms with Crippen molar-refractivity contribution in [2.75, 3.05) is 6.54 Å². The van der Waals surface area contributed by atoms with E-state index in [0.717, 1.165) is 24.4 Å². The maximum Gasteiger partial charge on any atom is 0.397 e. The Labute approximate surface area is 132 Å². The molecule has 1 amide bonds. The maximum atomic E-state index is 12.4. The molecule has 1 saturated heterocycles. The Morgan fingerprint density at radius 1 is 1.35 bits per heavy atom. The predicted octanol–water partition coefficient (Wildman–Crippen LogP) is 2.39. The molecule has 0 N–H and O–H groups in total. The quantitative estimate of drug-likeness (QED) is 0.847. The van der Waals surface area contributed by atoms with Crippen LogP contribution in [-0.4, -0.2) is 43.3 Å². The van der Waals surface area contributed by atoms with Crippen molar-refractivity contribution in [2.24, 2.45) is 0 Å². The van der Waals surface area contributed by atoms with Crippen LogP contribution in [0, 0.1) is 0 Å². The third-order valence-electron chi connectivity index (χ3n) is 3.46. The van der Waals surface area contributed by atoms with Gasteiger partial charge in [0.05, 0.1) is 0 Å². The van der Waals surface area contributed by atoms with E-state index in [0.29, 0.717) is 13.0 Å². The Morgan fingerprint density at radius 2 is 2.17 bits per heavy atom. The normalized spacial score (nSPS) is 19.1. The van der Waals surface area contributed by atoms with Crippen LogP contribution in [0.4, 0.5) is 13.2 Å². The van der Waals surface area contributed by atoms with Crippen molar-refractivity contribution in [2.45, 2.75) is 37.9 Å². The summed E-state index contributed by atoms with van der Waals surface area (Å²) in [6.07, 6.45) is -3.53. The first-order valence-electron chi connectivity index (χ1n) is 6.91. The summed E-state index contributed by atoms with van der Waals surface area (Å²) < 4.78 is 45.9. The average molecular weight is 347 g/mol. The number of amides is 1. The first-order valence-corrected chi connectivity index (χ1v) is 7.75. The molecule has 2 aromatic rings. The zero-order valence-corrected chi connectivity index (χ0v) is 12.6. The van der Waals surface area contributed by atoms with Crippen molar-refractivity contribution in [3.05, 3.63) is 22.9 Å². The van der Waals surface area contributed by atoms with Gasteiger partial charge in [0.15, 0.2) is 5.69 Å². The fourth-order valence-electron chi connectivity index (χ4n) is 2.48. The number of piperidine rings is 1. The van der Waals surface area contributed by atoms with E-state index in [1.54, 1.807) is 0 Å². The minimum absolute atomic E-state index is 0.0282. The summed E-state index contributed by atoms with van der Waals surface area (Å²) in [6, 6.07) is -0.535. The van der Waals surface area contributed by atoms with Gasteiger partial charge in [-0.2, -0.15) is 13.2 Å². The van der Waals surface area contributed by atoms with Gasteiger partial charge in [-0.3, -0.25) is 4.79 Å². The lowest BCUT2D eigenvalue weighted by Gasteiger charge is -2.32. The fourth-order valence-corrected chi connectivity index (χ4v) is 2.91. The van der Waals surface area contributed by atoms with Crippen LogP contribution in [0.3, 0.4) is 0 Å².